The fraction of sp³-hybridized carbons (Fsp3) is 0.300. The van der Waals surface area contributed by atoms with Gasteiger partial charge in [-0.25, -0.2) is 0 Å². The van der Waals surface area contributed by atoms with Crippen LogP contribution in [0.4, 0.5) is 5.69 Å². The fourth-order valence-electron chi connectivity index (χ4n) is 3.70. The van der Waals surface area contributed by atoms with Gasteiger partial charge in [-0.15, -0.1) is 0 Å². The summed E-state index contributed by atoms with van der Waals surface area (Å²) in [6, 6.07) is 27.8. The van der Waals surface area contributed by atoms with Crippen LogP contribution < -0.4 is 15.4 Å². The van der Waals surface area contributed by atoms with Crippen molar-refractivity contribution in [1.29, 1.82) is 0 Å². The Kier molecular flexibility index (Phi) is 12.1. The number of amides is 1. The topological polar surface area (TPSA) is 76.7 Å². The van der Waals surface area contributed by atoms with Crippen molar-refractivity contribution in [1.82, 2.24) is 5.32 Å². The summed E-state index contributed by atoms with van der Waals surface area (Å²) in [6.45, 7) is 0.985. The van der Waals surface area contributed by atoms with Crippen LogP contribution in [0.2, 0.25) is 0 Å². The van der Waals surface area contributed by atoms with Gasteiger partial charge in [-0.1, -0.05) is 66.7 Å². The Morgan fingerprint density at radius 2 is 1.38 bits per heavy atom. The summed E-state index contributed by atoms with van der Waals surface area (Å²) in [5.74, 6) is 0.194. The van der Waals surface area contributed by atoms with Crippen molar-refractivity contribution in [3.63, 3.8) is 0 Å². The van der Waals surface area contributed by atoms with E-state index in [0.717, 1.165) is 37.1 Å². The lowest BCUT2D eigenvalue weighted by Crippen LogP contribution is -2.34. The molecule has 7 heteroatoms. The maximum atomic E-state index is 12.2. The highest BCUT2D eigenvalue weighted by Gasteiger charge is 2.09. The van der Waals surface area contributed by atoms with E-state index in [0.29, 0.717) is 19.6 Å². The number of nitrogens with one attached hydrogen (secondary N) is 2. The molecule has 0 unspecified atom stereocenters. The first-order valence-electron chi connectivity index (χ1n) is 12.7. The molecule has 0 heterocycles. The first-order valence-corrected chi connectivity index (χ1v) is 13.1. The Morgan fingerprint density at radius 1 is 0.730 bits per heavy atom. The first kappa shape index (κ1) is 27.9. The van der Waals surface area contributed by atoms with Gasteiger partial charge in [-0.05, 0) is 67.6 Å². The summed E-state index contributed by atoms with van der Waals surface area (Å²) in [5.41, 5.74) is 3.24. The highest BCUT2D eigenvalue weighted by molar-refractivity contribution is 7.80. The van der Waals surface area contributed by atoms with Crippen molar-refractivity contribution >= 4 is 34.9 Å². The lowest BCUT2D eigenvalue weighted by molar-refractivity contribution is -0.143. The Balaban J connectivity index is 1.26. The molecule has 0 spiro atoms. The van der Waals surface area contributed by atoms with Gasteiger partial charge in [0.15, 0.2) is 5.11 Å². The second kappa shape index (κ2) is 16.1. The maximum Gasteiger partial charge on any atom is 0.305 e. The van der Waals surface area contributed by atoms with E-state index in [1.54, 1.807) is 0 Å². The number of anilines is 1. The van der Waals surface area contributed by atoms with Crippen LogP contribution >= 0.6 is 12.2 Å². The van der Waals surface area contributed by atoms with Gasteiger partial charge in [0.25, 0.3) is 0 Å². The summed E-state index contributed by atoms with van der Waals surface area (Å²) < 4.78 is 11.1. The highest BCUT2D eigenvalue weighted by Crippen LogP contribution is 2.18. The van der Waals surface area contributed by atoms with Crippen molar-refractivity contribution in [3.05, 3.63) is 96.1 Å². The number of thiocarbonyl (C=S) groups is 1. The third-order valence-electron chi connectivity index (χ3n) is 5.57. The van der Waals surface area contributed by atoms with Crippen molar-refractivity contribution in [2.75, 3.05) is 18.5 Å². The van der Waals surface area contributed by atoms with Gasteiger partial charge in [0.1, 0.15) is 5.75 Å². The molecular formula is C30H34N2O4S. The van der Waals surface area contributed by atoms with Crippen LogP contribution in [0.25, 0.3) is 0 Å². The molecule has 3 aromatic rings. The van der Waals surface area contributed by atoms with Crippen molar-refractivity contribution in [3.8, 4) is 5.75 Å². The number of rotatable bonds is 14. The predicted molar refractivity (Wildman–Crippen MR) is 151 cm³/mol. The average Bonchev–Trinajstić information content (AvgIpc) is 2.90. The van der Waals surface area contributed by atoms with Gasteiger partial charge in [0, 0.05) is 24.6 Å². The summed E-state index contributed by atoms with van der Waals surface area (Å²) in [6.07, 6.45) is 4.30. The number of benzene rings is 3. The summed E-state index contributed by atoms with van der Waals surface area (Å²) in [4.78, 5) is 24.1. The third-order valence-corrected chi connectivity index (χ3v) is 5.77. The van der Waals surface area contributed by atoms with Crippen LogP contribution in [0.3, 0.4) is 0 Å². The Bertz CT molecular complexity index is 1120. The van der Waals surface area contributed by atoms with E-state index in [9.17, 15) is 9.59 Å². The fourth-order valence-corrected chi connectivity index (χ4v) is 3.93. The molecule has 1 amide bonds. The second-order valence-electron chi connectivity index (χ2n) is 8.63. The molecule has 0 aliphatic heterocycles. The van der Waals surface area contributed by atoms with Crippen LogP contribution in [-0.4, -0.2) is 30.2 Å². The molecule has 0 atom stereocenters. The molecule has 0 bridgehead atoms. The lowest BCUT2D eigenvalue weighted by Gasteiger charge is -2.11. The van der Waals surface area contributed by atoms with E-state index >= 15 is 0 Å². The van der Waals surface area contributed by atoms with Crippen LogP contribution in [-0.2, 0) is 27.2 Å². The molecule has 37 heavy (non-hydrogen) atoms. The molecule has 6 nitrogen and oxygen atoms in total. The molecule has 0 aromatic heterocycles. The van der Waals surface area contributed by atoms with Crippen LogP contribution in [0, 0.1) is 0 Å². The molecular weight excluding hydrogens is 484 g/mol. The van der Waals surface area contributed by atoms with Crippen LogP contribution in [0.5, 0.6) is 5.75 Å². The van der Waals surface area contributed by atoms with E-state index < -0.39 is 0 Å². The highest BCUT2D eigenvalue weighted by atomic mass is 32.1. The molecule has 0 radical (unpaired) electrons. The van der Waals surface area contributed by atoms with E-state index in [2.05, 4.69) is 34.9 Å². The minimum Gasteiger partial charge on any atom is -0.494 e. The molecule has 3 aromatic carbocycles. The van der Waals surface area contributed by atoms with Crippen molar-refractivity contribution in [2.24, 2.45) is 0 Å². The number of hydrogen-bond donors (Lipinski definition) is 2. The van der Waals surface area contributed by atoms with Gasteiger partial charge in [0.2, 0.25) is 5.91 Å². The normalized spacial score (nSPS) is 10.4. The van der Waals surface area contributed by atoms with Gasteiger partial charge in [-0.2, -0.15) is 0 Å². The number of aryl methyl sites for hydroxylation is 2. The number of hydrogen-bond acceptors (Lipinski definition) is 5. The van der Waals surface area contributed by atoms with E-state index in [1.165, 1.54) is 11.1 Å². The summed E-state index contributed by atoms with van der Waals surface area (Å²) in [7, 11) is 0. The zero-order chi connectivity index (χ0) is 26.1. The zero-order valence-electron chi connectivity index (χ0n) is 21.0. The molecule has 0 aliphatic carbocycles. The van der Waals surface area contributed by atoms with Gasteiger partial charge in [0.05, 0.1) is 13.2 Å². The Hall–Kier alpha value is -3.71. The smallest absolute Gasteiger partial charge is 0.305 e. The maximum absolute atomic E-state index is 12.2. The number of ether oxygens (including phenoxy) is 2. The van der Waals surface area contributed by atoms with Gasteiger partial charge < -0.3 is 20.1 Å². The number of carbonyl (C=O) groups is 2. The predicted octanol–water partition coefficient (Wildman–Crippen LogP) is 5.86. The van der Waals surface area contributed by atoms with Gasteiger partial charge >= 0.3 is 5.97 Å². The average molecular weight is 519 g/mol. The minimum atomic E-state index is -0.290. The molecule has 3 rings (SSSR count). The quantitative estimate of drug-likeness (QED) is 0.158. The molecule has 2 N–H and O–H groups in total. The second-order valence-corrected chi connectivity index (χ2v) is 9.04. The first-order chi connectivity index (χ1) is 18.1. The van der Waals surface area contributed by atoms with Gasteiger partial charge in [-0.3, -0.25) is 9.59 Å². The Labute approximate surface area is 224 Å². The van der Waals surface area contributed by atoms with Crippen molar-refractivity contribution < 1.29 is 19.1 Å². The van der Waals surface area contributed by atoms with Crippen LogP contribution in [0.1, 0.15) is 43.2 Å². The number of esters is 1. The van der Waals surface area contributed by atoms with E-state index in [-0.39, 0.29) is 29.8 Å². The molecule has 194 valence electrons. The Morgan fingerprint density at radius 3 is 2.05 bits per heavy atom. The monoisotopic (exact) mass is 518 g/mol. The zero-order valence-corrected chi connectivity index (χ0v) is 21.8. The van der Waals surface area contributed by atoms with Crippen LogP contribution in [0.15, 0.2) is 84.9 Å². The van der Waals surface area contributed by atoms with E-state index in [4.69, 9.17) is 21.7 Å². The van der Waals surface area contributed by atoms with E-state index in [1.807, 2.05) is 60.7 Å². The lowest BCUT2D eigenvalue weighted by atomic mass is 10.1. The minimum absolute atomic E-state index is 0.186. The molecule has 0 fully saturated rings. The number of carbonyl (C=O) groups excluding carboxylic acids is 2. The molecule has 0 saturated heterocycles. The largest absolute Gasteiger partial charge is 0.494 e. The van der Waals surface area contributed by atoms with Crippen molar-refractivity contribution in [2.45, 2.75) is 44.9 Å². The molecule has 0 saturated carbocycles. The summed E-state index contributed by atoms with van der Waals surface area (Å²) >= 11 is 5.25. The molecule has 0 aliphatic rings. The standard InChI is InChI=1S/C30H34N2O4S/c33-28(19-8-20-29(34)36-22-10-16-25-13-5-2-6-14-25)32-30(37)31-26-17-7-18-27(23-26)35-21-9-15-24-11-3-1-4-12-24/h1-7,11-14,17-18,23H,8-10,15-16,19-22H2,(H2,31,32,33,37). The SMILES string of the molecule is O=C(CCCC(=O)OCCCc1ccccc1)NC(=S)Nc1cccc(OCCCc2ccccc2)c1. The third kappa shape index (κ3) is 11.7. The summed E-state index contributed by atoms with van der Waals surface area (Å²) in [5, 5.41) is 5.86.